The zero-order valence-corrected chi connectivity index (χ0v) is 14.8. The third kappa shape index (κ3) is 6.07. The Bertz CT molecular complexity index is 793. The Morgan fingerprint density at radius 2 is 2.00 bits per heavy atom. The molecule has 0 aliphatic heterocycles. The summed E-state index contributed by atoms with van der Waals surface area (Å²) < 4.78 is 0.620. The molecule has 0 spiro atoms. The van der Waals surface area contributed by atoms with Gasteiger partial charge in [0, 0.05) is 11.3 Å². The van der Waals surface area contributed by atoms with Gasteiger partial charge in [-0.2, -0.15) is 10.3 Å². The van der Waals surface area contributed by atoms with Crippen molar-refractivity contribution < 1.29 is 4.79 Å². The fourth-order valence-electron chi connectivity index (χ4n) is 1.90. The number of aliphatic imine (C=N–C) groups is 1. The number of aryl methyl sites for hydroxylation is 1. The molecule has 0 aromatic heterocycles. The second kappa shape index (κ2) is 9.76. The van der Waals surface area contributed by atoms with Crippen LogP contribution in [-0.2, 0) is 5.75 Å². The largest absolute Gasteiger partial charge is 0.289 e. The van der Waals surface area contributed by atoms with Crippen LogP contribution in [0.1, 0.15) is 21.5 Å². The predicted molar refractivity (Wildman–Crippen MR) is 103 cm³/mol. The molecular weight excluding hydrogens is 336 g/mol. The lowest BCUT2D eigenvalue weighted by Crippen LogP contribution is -1.94. The number of benzene rings is 2. The molecule has 120 valence electrons. The van der Waals surface area contributed by atoms with Crippen molar-refractivity contribution in [3.8, 4) is 6.19 Å². The molecule has 0 heterocycles. The standard InChI is InChI=1S/C19H16N2OS2/c1-15-6-5-9-17(12-15)18(22)10-11-23-19(21-14-20)24-13-16-7-3-2-4-8-16/h2-12H,13H2,1H3/b11-10+,21-19?. The Labute approximate surface area is 150 Å². The molecule has 0 fully saturated rings. The Morgan fingerprint density at radius 3 is 2.71 bits per heavy atom. The molecule has 0 N–H and O–H groups in total. The van der Waals surface area contributed by atoms with E-state index in [1.807, 2.05) is 61.6 Å². The normalized spacial score (nSPS) is 11.4. The predicted octanol–water partition coefficient (Wildman–Crippen LogP) is 5.20. The van der Waals surface area contributed by atoms with E-state index in [-0.39, 0.29) is 5.78 Å². The van der Waals surface area contributed by atoms with Crippen molar-refractivity contribution in [2.45, 2.75) is 12.7 Å². The van der Waals surface area contributed by atoms with E-state index in [4.69, 9.17) is 5.26 Å². The molecule has 3 nitrogen and oxygen atoms in total. The van der Waals surface area contributed by atoms with Crippen molar-refractivity contribution in [1.82, 2.24) is 0 Å². The number of ketones is 1. The van der Waals surface area contributed by atoms with Gasteiger partial charge in [0.05, 0.1) is 0 Å². The highest BCUT2D eigenvalue weighted by Crippen LogP contribution is 2.22. The molecular formula is C19H16N2OS2. The highest BCUT2D eigenvalue weighted by Gasteiger charge is 2.04. The Balaban J connectivity index is 1.92. The minimum Gasteiger partial charge on any atom is -0.289 e. The fraction of sp³-hybridized carbons (Fsp3) is 0.105. The summed E-state index contributed by atoms with van der Waals surface area (Å²) in [5.74, 6) is 0.671. The Morgan fingerprint density at radius 1 is 1.21 bits per heavy atom. The molecule has 24 heavy (non-hydrogen) atoms. The molecule has 5 heteroatoms. The van der Waals surface area contributed by atoms with Crippen LogP contribution in [0, 0.1) is 18.4 Å². The van der Waals surface area contributed by atoms with Gasteiger partial charge in [0.25, 0.3) is 0 Å². The second-order valence-electron chi connectivity index (χ2n) is 4.91. The van der Waals surface area contributed by atoms with E-state index in [0.717, 1.165) is 16.9 Å². The van der Waals surface area contributed by atoms with Crippen molar-refractivity contribution >= 4 is 33.7 Å². The van der Waals surface area contributed by atoms with E-state index in [1.165, 1.54) is 29.6 Å². The average molecular weight is 352 g/mol. The van der Waals surface area contributed by atoms with Gasteiger partial charge in [-0.25, -0.2) is 0 Å². The molecule has 0 radical (unpaired) electrons. The first-order valence-corrected chi connectivity index (χ1v) is 9.13. The van der Waals surface area contributed by atoms with Crippen LogP contribution in [0.3, 0.4) is 0 Å². The van der Waals surface area contributed by atoms with Gasteiger partial charge in [0.1, 0.15) is 4.38 Å². The quantitative estimate of drug-likeness (QED) is 0.244. The zero-order chi connectivity index (χ0) is 17.2. The van der Waals surface area contributed by atoms with Crippen LogP contribution >= 0.6 is 23.5 Å². The topological polar surface area (TPSA) is 53.2 Å². The van der Waals surface area contributed by atoms with Crippen molar-refractivity contribution in [2.75, 3.05) is 0 Å². The number of allylic oxidation sites excluding steroid dienone is 1. The maximum Gasteiger partial charge on any atom is 0.207 e. The lowest BCUT2D eigenvalue weighted by atomic mass is 10.1. The van der Waals surface area contributed by atoms with Gasteiger partial charge in [-0.15, -0.1) is 0 Å². The van der Waals surface area contributed by atoms with E-state index >= 15 is 0 Å². The van der Waals surface area contributed by atoms with Crippen LogP contribution in [-0.4, -0.2) is 10.2 Å². The lowest BCUT2D eigenvalue weighted by Gasteiger charge is -2.01. The van der Waals surface area contributed by atoms with E-state index in [2.05, 4.69) is 4.99 Å². The van der Waals surface area contributed by atoms with E-state index in [1.54, 1.807) is 11.5 Å². The summed E-state index contributed by atoms with van der Waals surface area (Å²) >= 11 is 2.76. The number of hydrogen-bond donors (Lipinski definition) is 0. The van der Waals surface area contributed by atoms with Crippen molar-refractivity contribution in [3.63, 3.8) is 0 Å². The first-order valence-electron chi connectivity index (χ1n) is 7.27. The molecule has 0 amide bonds. The summed E-state index contributed by atoms with van der Waals surface area (Å²) in [4.78, 5) is 15.9. The molecule has 0 aliphatic rings. The minimum absolute atomic E-state index is 0.0597. The second-order valence-corrected chi connectivity index (χ2v) is 7.02. The maximum atomic E-state index is 12.1. The van der Waals surface area contributed by atoms with Crippen molar-refractivity contribution in [1.29, 1.82) is 5.26 Å². The number of carbonyl (C=O) groups excluding carboxylic acids is 1. The van der Waals surface area contributed by atoms with E-state index in [0.29, 0.717) is 9.94 Å². The Hall–Kier alpha value is -2.29. The zero-order valence-electron chi connectivity index (χ0n) is 13.2. The summed E-state index contributed by atoms with van der Waals surface area (Å²) in [6.07, 6.45) is 3.32. The molecule has 0 saturated carbocycles. The van der Waals surface area contributed by atoms with Crippen LogP contribution in [0.25, 0.3) is 0 Å². The Kier molecular flexibility index (Phi) is 7.34. The number of nitriles is 1. The maximum absolute atomic E-state index is 12.1. The minimum atomic E-state index is -0.0597. The summed E-state index contributed by atoms with van der Waals surface area (Å²) in [6.45, 7) is 1.95. The number of hydrogen-bond acceptors (Lipinski definition) is 5. The van der Waals surface area contributed by atoms with E-state index < -0.39 is 0 Å². The smallest absolute Gasteiger partial charge is 0.207 e. The van der Waals surface area contributed by atoms with Gasteiger partial charge in [-0.3, -0.25) is 4.79 Å². The first-order chi connectivity index (χ1) is 11.7. The van der Waals surface area contributed by atoms with Crippen LogP contribution in [0.5, 0.6) is 0 Å². The third-order valence-electron chi connectivity index (χ3n) is 3.04. The van der Waals surface area contributed by atoms with Gasteiger partial charge in [-0.05, 0) is 30.0 Å². The molecule has 0 saturated heterocycles. The monoisotopic (exact) mass is 352 g/mol. The highest BCUT2D eigenvalue weighted by molar-refractivity contribution is 8.39. The lowest BCUT2D eigenvalue weighted by molar-refractivity contribution is 0.104. The molecule has 2 aromatic rings. The average Bonchev–Trinajstić information content (AvgIpc) is 2.60. The van der Waals surface area contributed by atoms with Gasteiger partial charge in [0.15, 0.2) is 5.78 Å². The summed E-state index contributed by atoms with van der Waals surface area (Å²) in [5, 5.41) is 10.5. The molecule has 2 aromatic carbocycles. The van der Waals surface area contributed by atoms with E-state index in [9.17, 15) is 4.79 Å². The van der Waals surface area contributed by atoms with Crippen molar-refractivity contribution in [2.24, 2.45) is 4.99 Å². The summed E-state index contributed by atoms with van der Waals surface area (Å²) in [7, 11) is 0. The fourth-order valence-corrected chi connectivity index (χ4v) is 3.51. The van der Waals surface area contributed by atoms with Crippen LogP contribution < -0.4 is 0 Å². The van der Waals surface area contributed by atoms with Gasteiger partial charge in [-0.1, -0.05) is 77.6 Å². The summed E-state index contributed by atoms with van der Waals surface area (Å²) in [5.41, 5.74) is 2.86. The number of thioether (sulfide) groups is 2. The number of rotatable bonds is 5. The number of carbonyl (C=O) groups is 1. The van der Waals surface area contributed by atoms with Gasteiger partial charge < -0.3 is 0 Å². The molecule has 0 unspecified atom stereocenters. The molecule has 0 atom stereocenters. The SMILES string of the molecule is Cc1cccc(C(=O)/C=C/SC(=NC#N)SCc2ccccc2)c1. The molecule has 0 bridgehead atoms. The van der Waals surface area contributed by atoms with Gasteiger partial charge >= 0.3 is 0 Å². The van der Waals surface area contributed by atoms with Crippen molar-refractivity contribution in [3.05, 3.63) is 82.8 Å². The third-order valence-corrected chi connectivity index (χ3v) is 5.06. The van der Waals surface area contributed by atoms with Crippen LogP contribution in [0.15, 0.2) is 71.1 Å². The first kappa shape index (κ1) is 18.1. The highest BCUT2D eigenvalue weighted by atomic mass is 32.2. The number of nitrogens with zero attached hydrogens (tertiary/aromatic N) is 2. The van der Waals surface area contributed by atoms with Crippen LogP contribution in [0.2, 0.25) is 0 Å². The van der Waals surface area contributed by atoms with Gasteiger partial charge in [0.2, 0.25) is 6.19 Å². The molecule has 2 rings (SSSR count). The van der Waals surface area contributed by atoms with Crippen LogP contribution in [0.4, 0.5) is 0 Å². The summed E-state index contributed by atoms with van der Waals surface area (Å²) in [6, 6.07) is 17.4. The molecule has 0 aliphatic carbocycles.